The van der Waals surface area contributed by atoms with Crippen LogP contribution in [0.1, 0.15) is 17.5 Å². The van der Waals surface area contributed by atoms with Gasteiger partial charge >= 0.3 is 0 Å². The fourth-order valence-electron chi connectivity index (χ4n) is 0.922. The molecule has 1 aromatic rings. The Kier molecular flexibility index (Phi) is 4.53. The highest BCUT2D eigenvalue weighted by molar-refractivity contribution is 9.09. The predicted octanol–water partition coefficient (Wildman–Crippen LogP) is 3.35. The van der Waals surface area contributed by atoms with E-state index in [1.165, 1.54) is 0 Å². The van der Waals surface area contributed by atoms with Crippen LogP contribution in [0, 0.1) is 23.2 Å². The summed E-state index contributed by atoms with van der Waals surface area (Å²) in [5, 5.41) is 10.2. The molecule has 0 aliphatic heterocycles. The second-order valence-corrected chi connectivity index (χ2v) is 3.77. The molecule has 0 heterocycles. The lowest BCUT2D eigenvalue weighted by Gasteiger charge is -1.95. The highest BCUT2D eigenvalue weighted by Gasteiger charge is 1.98. The third kappa shape index (κ3) is 3.07. The van der Waals surface area contributed by atoms with Gasteiger partial charge in [0.2, 0.25) is 0 Å². The zero-order valence-corrected chi connectivity index (χ0v) is 9.69. The van der Waals surface area contributed by atoms with Crippen LogP contribution in [0.2, 0.25) is 5.02 Å². The van der Waals surface area contributed by atoms with Gasteiger partial charge in [0, 0.05) is 22.3 Å². The van der Waals surface area contributed by atoms with Crippen LogP contribution in [0.4, 0.5) is 0 Å². The number of nitrogens with zero attached hydrogens (tertiary/aromatic N) is 1. The minimum absolute atomic E-state index is 0.566. The zero-order chi connectivity index (χ0) is 10.4. The molecule has 0 unspecified atom stereocenters. The highest BCUT2D eigenvalue weighted by atomic mass is 79.9. The predicted molar refractivity (Wildman–Crippen MR) is 61.5 cm³/mol. The summed E-state index contributed by atoms with van der Waals surface area (Å²) in [5.74, 6) is 5.87. The van der Waals surface area contributed by atoms with Crippen molar-refractivity contribution in [1.29, 1.82) is 5.26 Å². The van der Waals surface area contributed by atoms with Gasteiger partial charge in [-0.2, -0.15) is 5.26 Å². The maximum Gasteiger partial charge on any atom is 0.100 e. The Labute approximate surface area is 96.8 Å². The van der Waals surface area contributed by atoms with Gasteiger partial charge in [-0.05, 0) is 18.2 Å². The van der Waals surface area contributed by atoms with E-state index < -0.39 is 0 Å². The summed E-state index contributed by atoms with van der Waals surface area (Å²) in [4.78, 5) is 0. The molecular formula is C11H7BrClN. The molecule has 0 radical (unpaired) electrons. The standard InChI is InChI=1S/C11H7BrClN/c12-6-2-1-3-9-7-11(13)5-4-10(9)8-14/h4-5,7H,2,6H2. The largest absolute Gasteiger partial charge is 0.192 e. The average Bonchev–Trinajstić information content (AvgIpc) is 2.19. The molecule has 0 aromatic heterocycles. The van der Waals surface area contributed by atoms with Crippen LogP contribution >= 0.6 is 27.5 Å². The van der Waals surface area contributed by atoms with Crippen LogP contribution in [0.5, 0.6) is 0 Å². The summed E-state index contributed by atoms with van der Waals surface area (Å²) in [6.45, 7) is 0. The van der Waals surface area contributed by atoms with Crippen LogP contribution < -0.4 is 0 Å². The average molecular weight is 269 g/mol. The number of alkyl halides is 1. The van der Waals surface area contributed by atoms with Crippen molar-refractivity contribution in [3.8, 4) is 17.9 Å². The molecule has 0 bridgehead atoms. The molecule has 0 saturated carbocycles. The lowest BCUT2D eigenvalue weighted by atomic mass is 10.1. The van der Waals surface area contributed by atoms with Gasteiger partial charge in [0.05, 0.1) is 5.56 Å². The van der Waals surface area contributed by atoms with Crippen molar-refractivity contribution in [3.63, 3.8) is 0 Å². The van der Waals surface area contributed by atoms with Gasteiger partial charge < -0.3 is 0 Å². The van der Waals surface area contributed by atoms with E-state index in [1.54, 1.807) is 18.2 Å². The number of halogens is 2. The molecule has 1 nitrogen and oxygen atoms in total. The minimum Gasteiger partial charge on any atom is -0.192 e. The van der Waals surface area contributed by atoms with Gasteiger partial charge in [0.25, 0.3) is 0 Å². The summed E-state index contributed by atoms with van der Waals surface area (Å²) in [5.41, 5.74) is 1.26. The zero-order valence-electron chi connectivity index (χ0n) is 7.35. The van der Waals surface area contributed by atoms with Crippen molar-refractivity contribution in [2.24, 2.45) is 0 Å². The van der Waals surface area contributed by atoms with Crippen LogP contribution in [0.3, 0.4) is 0 Å². The lowest BCUT2D eigenvalue weighted by molar-refractivity contribution is 1.32. The molecular weight excluding hydrogens is 261 g/mol. The number of hydrogen-bond donors (Lipinski definition) is 0. The summed E-state index contributed by atoms with van der Waals surface area (Å²) in [7, 11) is 0. The van der Waals surface area contributed by atoms with Crippen molar-refractivity contribution in [2.75, 3.05) is 5.33 Å². The third-order valence-corrected chi connectivity index (χ3v) is 2.18. The van der Waals surface area contributed by atoms with Crippen LogP contribution in [0.15, 0.2) is 18.2 Å². The van der Waals surface area contributed by atoms with Crippen molar-refractivity contribution in [3.05, 3.63) is 34.3 Å². The molecule has 0 aliphatic carbocycles. The summed E-state index contributed by atoms with van der Waals surface area (Å²) >= 11 is 9.08. The lowest BCUT2D eigenvalue weighted by Crippen LogP contribution is -1.83. The van der Waals surface area contributed by atoms with E-state index in [0.29, 0.717) is 16.1 Å². The highest BCUT2D eigenvalue weighted by Crippen LogP contribution is 2.14. The molecule has 0 N–H and O–H groups in total. The van der Waals surface area contributed by atoms with Gasteiger partial charge in [-0.25, -0.2) is 0 Å². The second-order valence-electron chi connectivity index (χ2n) is 2.54. The van der Waals surface area contributed by atoms with Crippen molar-refractivity contribution in [2.45, 2.75) is 6.42 Å². The van der Waals surface area contributed by atoms with E-state index in [0.717, 1.165) is 11.8 Å². The fraction of sp³-hybridized carbons (Fsp3) is 0.182. The SMILES string of the molecule is N#Cc1ccc(Cl)cc1C#CCCBr. The number of rotatable bonds is 1. The van der Waals surface area contributed by atoms with E-state index in [-0.39, 0.29) is 0 Å². The molecule has 0 saturated heterocycles. The second kappa shape index (κ2) is 5.70. The Balaban J connectivity index is 3.02. The Morgan fingerprint density at radius 2 is 2.14 bits per heavy atom. The van der Waals surface area contributed by atoms with Crippen LogP contribution in [0.25, 0.3) is 0 Å². The number of nitriles is 1. The number of benzene rings is 1. The molecule has 1 aromatic carbocycles. The molecule has 70 valence electrons. The van der Waals surface area contributed by atoms with Crippen molar-refractivity contribution < 1.29 is 0 Å². The minimum atomic E-state index is 0.566. The quantitative estimate of drug-likeness (QED) is 0.566. The molecule has 0 aliphatic rings. The van der Waals surface area contributed by atoms with Gasteiger partial charge in [-0.15, -0.1) is 0 Å². The van der Waals surface area contributed by atoms with E-state index in [1.807, 2.05) is 0 Å². The normalized spacial score (nSPS) is 8.64. The first-order valence-electron chi connectivity index (χ1n) is 4.02. The Morgan fingerprint density at radius 1 is 1.36 bits per heavy atom. The summed E-state index contributed by atoms with van der Waals surface area (Å²) in [6.07, 6.45) is 0.761. The molecule has 3 heteroatoms. The van der Waals surface area contributed by atoms with Crippen LogP contribution in [-0.4, -0.2) is 5.33 Å². The summed E-state index contributed by atoms with van der Waals surface area (Å²) < 4.78 is 0. The maximum atomic E-state index is 8.80. The van der Waals surface area contributed by atoms with Crippen LogP contribution in [-0.2, 0) is 0 Å². The van der Waals surface area contributed by atoms with Gasteiger partial charge in [0.15, 0.2) is 0 Å². The first kappa shape index (κ1) is 11.1. The first-order valence-corrected chi connectivity index (χ1v) is 5.52. The molecule has 14 heavy (non-hydrogen) atoms. The monoisotopic (exact) mass is 267 g/mol. The van der Waals surface area contributed by atoms with E-state index in [9.17, 15) is 0 Å². The Bertz CT molecular complexity index is 423. The van der Waals surface area contributed by atoms with Crippen molar-refractivity contribution in [1.82, 2.24) is 0 Å². The molecule has 0 atom stereocenters. The molecule has 0 fully saturated rings. The summed E-state index contributed by atoms with van der Waals surface area (Å²) in [6, 6.07) is 7.16. The van der Waals surface area contributed by atoms with Gasteiger partial charge in [-0.1, -0.05) is 39.4 Å². The third-order valence-electron chi connectivity index (χ3n) is 1.54. The topological polar surface area (TPSA) is 23.8 Å². The van der Waals surface area contributed by atoms with Gasteiger partial charge in [-0.3, -0.25) is 0 Å². The van der Waals surface area contributed by atoms with Crippen molar-refractivity contribution >= 4 is 27.5 Å². The van der Waals surface area contributed by atoms with Gasteiger partial charge in [0.1, 0.15) is 6.07 Å². The number of hydrogen-bond acceptors (Lipinski definition) is 1. The Morgan fingerprint density at radius 3 is 2.79 bits per heavy atom. The first-order chi connectivity index (χ1) is 6.77. The fourth-order valence-corrected chi connectivity index (χ4v) is 1.29. The van der Waals surface area contributed by atoms with E-state index in [2.05, 4.69) is 33.8 Å². The smallest absolute Gasteiger partial charge is 0.100 e. The van der Waals surface area contributed by atoms with E-state index in [4.69, 9.17) is 16.9 Å². The molecule has 0 amide bonds. The molecule has 0 spiro atoms. The molecule has 1 rings (SSSR count). The maximum absolute atomic E-state index is 8.80. The Hall–Kier alpha value is -0.960. The van der Waals surface area contributed by atoms with E-state index >= 15 is 0 Å².